The molecule has 7 nitrogen and oxygen atoms in total. The highest BCUT2D eigenvalue weighted by molar-refractivity contribution is 5.17. The van der Waals surface area contributed by atoms with Gasteiger partial charge in [0, 0.05) is 32.4 Å². The highest BCUT2D eigenvalue weighted by Gasteiger charge is 2.11. The molecule has 2 rings (SSSR count). The number of aryl methyl sites for hydroxylation is 1. The van der Waals surface area contributed by atoms with E-state index in [0.29, 0.717) is 12.3 Å². The smallest absolute Gasteiger partial charge is 0.404 e. The Kier molecular flexibility index (Phi) is 3.73. The van der Waals surface area contributed by atoms with Crippen LogP contribution in [-0.4, -0.2) is 21.0 Å². The van der Waals surface area contributed by atoms with Crippen LogP contribution < -0.4 is 5.32 Å². The number of nitrogens with zero attached hydrogens (tertiary/aromatic N) is 3. The van der Waals surface area contributed by atoms with Crippen LogP contribution in [0.4, 0.5) is 5.88 Å². The molecule has 0 aromatic carbocycles. The van der Waals surface area contributed by atoms with Crippen LogP contribution in [0.3, 0.4) is 0 Å². The van der Waals surface area contributed by atoms with Crippen LogP contribution in [0.2, 0.25) is 0 Å². The van der Waals surface area contributed by atoms with Crippen molar-refractivity contribution < 1.29 is 9.34 Å². The van der Waals surface area contributed by atoms with E-state index in [9.17, 15) is 10.1 Å². The summed E-state index contributed by atoms with van der Waals surface area (Å²) in [6, 6.07) is 2.96. The SMILES string of the molecule is Cn1ccnc1CCNCc1ccc([N+](=O)[O-])o1. The van der Waals surface area contributed by atoms with Crippen LogP contribution in [0.15, 0.2) is 28.9 Å². The van der Waals surface area contributed by atoms with Gasteiger partial charge in [0.05, 0.1) is 12.6 Å². The van der Waals surface area contributed by atoms with Crippen LogP contribution in [0, 0.1) is 10.1 Å². The van der Waals surface area contributed by atoms with Gasteiger partial charge >= 0.3 is 5.88 Å². The van der Waals surface area contributed by atoms with E-state index < -0.39 is 4.92 Å². The minimum absolute atomic E-state index is 0.226. The summed E-state index contributed by atoms with van der Waals surface area (Å²) in [5.74, 6) is 1.32. The maximum atomic E-state index is 10.4. The van der Waals surface area contributed by atoms with E-state index in [0.717, 1.165) is 18.8 Å². The third-order valence-electron chi connectivity index (χ3n) is 2.57. The lowest BCUT2D eigenvalue weighted by Crippen LogP contribution is -2.17. The highest BCUT2D eigenvalue weighted by Crippen LogP contribution is 2.15. The van der Waals surface area contributed by atoms with Crippen molar-refractivity contribution in [1.82, 2.24) is 14.9 Å². The van der Waals surface area contributed by atoms with Crippen molar-refractivity contribution in [1.29, 1.82) is 0 Å². The van der Waals surface area contributed by atoms with E-state index in [1.165, 1.54) is 6.07 Å². The molecule has 0 amide bonds. The highest BCUT2D eigenvalue weighted by atomic mass is 16.6. The molecule has 0 fully saturated rings. The number of hydrogen-bond donors (Lipinski definition) is 1. The van der Waals surface area contributed by atoms with Gasteiger partial charge in [-0.15, -0.1) is 0 Å². The van der Waals surface area contributed by atoms with Crippen molar-refractivity contribution in [3.63, 3.8) is 0 Å². The van der Waals surface area contributed by atoms with Crippen molar-refractivity contribution in [2.24, 2.45) is 7.05 Å². The predicted octanol–water partition coefficient (Wildman–Crippen LogP) is 1.25. The summed E-state index contributed by atoms with van der Waals surface area (Å²) in [6.07, 6.45) is 4.45. The Balaban J connectivity index is 1.75. The third-order valence-corrected chi connectivity index (χ3v) is 2.57. The Labute approximate surface area is 104 Å². The minimum Gasteiger partial charge on any atom is -0.404 e. The fourth-order valence-corrected chi connectivity index (χ4v) is 1.61. The molecule has 2 aromatic heterocycles. The molecule has 96 valence electrons. The molecule has 0 aliphatic carbocycles. The Morgan fingerprint density at radius 1 is 1.56 bits per heavy atom. The molecule has 0 radical (unpaired) electrons. The second kappa shape index (κ2) is 5.46. The number of hydrogen-bond acceptors (Lipinski definition) is 5. The van der Waals surface area contributed by atoms with Gasteiger partial charge in [-0.1, -0.05) is 0 Å². The van der Waals surface area contributed by atoms with Crippen LogP contribution >= 0.6 is 0 Å². The predicted molar refractivity (Wildman–Crippen MR) is 64.0 cm³/mol. The Morgan fingerprint density at radius 2 is 2.39 bits per heavy atom. The van der Waals surface area contributed by atoms with Gasteiger partial charge in [0.2, 0.25) is 0 Å². The van der Waals surface area contributed by atoms with Crippen LogP contribution in [0.5, 0.6) is 0 Å². The number of rotatable bonds is 6. The average molecular weight is 250 g/mol. The summed E-state index contributed by atoms with van der Waals surface area (Å²) in [6.45, 7) is 1.21. The van der Waals surface area contributed by atoms with E-state index in [4.69, 9.17) is 4.42 Å². The second-order valence-electron chi connectivity index (χ2n) is 3.88. The molecule has 2 heterocycles. The van der Waals surface area contributed by atoms with Crippen LogP contribution in [0.25, 0.3) is 0 Å². The van der Waals surface area contributed by atoms with E-state index in [1.807, 2.05) is 17.8 Å². The fourth-order valence-electron chi connectivity index (χ4n) is 1.61. The molecular formula is C11H14N4O3. The number of imidazole rings is 1. The quantitative estimate of drug-likeness (QED) is 0.473. The molecule has 0 atom stereocenters. The topological polar surface area (TPSA) is 86.1 Å². The Morgan fingerprint density at radius 3 is 3.00 bits per heavy atom. The van der Waals surface area contributed by atoms with Gasteiger partial charge in [0.25, 0.3) is 0 Å². The molecule has 2 aromatic rings. The first-order valence-corrected chi connectivity index (χ1v) is 5.57. The number of furan rings is 1. The average Bonchev–Trinajstić information content (AvgIpc) is 2.94. The lowest BCUT2D eigenvalue weighted by atomic mass is 10.4. The van der Waals surface area contributed by atoms with E-state index in [-0.39, 0.29) is 5.88 Å². The van der Waals surface area contributed by atoms with Crippen LogP contribution in [0.1, 0.15) is 11.6 Å². The zero-order valence-electron chi connectivity index (χ0n) is 10.00. The summed E-state index contributed by atoms with van der Waals surface area (Å²) < 4.78 is 6.98. The summed E-state index contributed by atoms with van der Waals surface area (Å²) in [5.41, 5.74) is 0. The molecule has 1 N–H and O–H groups in total. The van der Waals surface area contributed by atoms with Crippen molar-refractivity contribution in [2.45, 2.75) is 13.0 Å². The number of nitrogens with one attached hydrogen (secondary N) is 1. The zero-order chi connectivity index (χ0) is 13.0. The molecule has 0 aliphatic rings. The van der Waals surface area contributed by atoms with Gasteiger partial charge < -0.3 is 14.3 Å². The van der Waals surface area contributed by atoms with Crippen molar-refractivity contribution in [3.8, 4) is 0 Å². The van der Waals surface area contributed by atoms with E-state index >= 15 is 0 Å². The molecule has 0 unspecified atom stereocenters. The Bertz CT molecular complexity index is 532. The summed E-state index contributed by atoms with van der Waals surface area (Å²) in [5, 5.41) is 13.6. The standard InChI is InChI=1S/C11H14N4O3/c1-14-7-6-13-10(14)4-5-12-8-9-2-3-11(18-9)15(16)17/h2-3,6-7,12H,4-5,8H2,1H3. The molecule has 7 heteroatoms. The molecule has 0 aliphatic heterocycles. The maximum absolute atomic E-state index is 10.4. The van der Waals surface area contributed by atoms with Gasteiger partial charge in [0.15, 0.2) is 0 Å². The van der Waals surface area contributed by atoms with Gasteiger partial charge in [0.1, 0.15) is 16.5 Å². The molecule has 0 bridgehead atoms. The van der Waals surface area contributed by atoms with E-state index in [1.54, 1.807) is 12.3 Å². The summed E-state index contributed by atoms with van der Waals surface area (Å²) in [7, 11) is 1.94. The molecular weight excluding hydrogens is 236 g/mol. The zero-order valence-corrected chi connectivity index (χ0v) is 10.00. The summed E-state index contributed by atoms with van der Waals surface area (Å²) in [4.78, 5) is 14.1. The number of nitro groups is 1. The summed E-state index contributed by atoms with van der Waals surface area (Å²) >= 11 is 0. The minimum atomic E-state index is -0.544. The second-order valence-corrected chi connectivity index (χ2v) is 3.88. The van der Waals surface area contributed by atoms with Gasteiger partial charge in [-0.25, -0.2) is 4.98 Å². The fraction of sp³-hybridized carbons (Fsp3) is 0.364. The lowest BCUT2D eigenvalue weighted by Gasteiger charge is -2.02. The molecule has 0 saturated heterocycles. The van der Waals surface area contributed by atoms with Crippen molar-refractivity contribution in [2.75, 3.05) is 6.54 Å². The normalized spacial score (nSPS) is 10.7. The maximum Gasteiger partial charge on any atom is 0.433 e. The van der Waals surface area contributed by atoms with Gasteiger partial charge in [-0.3, -0.25) is 10.1 Å². The lowest BCUT2D eigenvalue weighted by molar-refractivity contribution is -0.402. The van der Waals surface area contributed by atoms with Gasteiger partial charge in [-0.2, -0.15) is 0 Å². The van der Waals surface area contributed by atoms with Crippen LogP contribution in [-0.2, 0) is 20.0 Å². The van der Waals surface area contributed by atoms with E-state index in [2.05, 4.69) is 10.3 Å². The first-order chi connectivity index (χ1) is 8.66. The van der Waals surface area contributed by atoms with Crippen molar-refractivity contribution >= 4 is 5.88 Å². The van der Waals surface area contributed by atoms with Gasteiger partial charge in [-0.05, 0) is 6.07 Å². The first kappa shape index (κ1) is 12.3. The monoisotopic (exact) mass is 250 g/mol. The van der Waals surface area contributed by atoms with Crippen molar-refractivity contribution in [3.05, 3.63) is 46.2 Å². The molecule has 18 heavy (non-hydrogen) atoms. The number of aromatic nitrogens is 2. The molecule has 0 saturated carbocycles. The molecule has 0 spiro atoms. The third kappa shape index (κ3) is 2.95. The Hall–Kier alpha value is -2.15. The largest absolute Gasteiger partial charge is 0.433 e. The first-order valence-electron chi connectivity index (χ1n) is 5.57.